The van der Waals surface area contributed by atoms with E-state index in [4.69, 9.17) is 16.3 Å². The van der Waals surface area contributed by atoms with E-state index < -0.39 is 0 Å². The largest absolute Gasteiger partial charge is 0.496 e. The van der Waals surface area contributed by atoms with Crippen LogP contribution in [0, 0.1) is 0 Å². The van der Waals surface area contributed by atoms with Crippen molar-refractivity contribution in [2.24, 2.45) is 0 Å². The first-order chi connectivity index (χ1) is 9.06. The molecule has 4 nitrogen and oxygen atoms in total. The number of hydrogen-bond donors (Lipinski definition) is 0. The molecule has 1 fully saturated rings. The van der Waals surface area contributed by atoms with E-state index in [1.165, 1.54) is 4.90 Å². The Bertz CT molecular complexity index is 571. The molecule has 2 amide bonds. The van der Waals surface area contributed by atoms with Crippen molar-refractivity contribution < 1.29 is 14.3 Å². The van der Waals surface area contributed by atoms with Gasteiger partial charge >= 0.3 is 0 Å². The maximum atomic E-state index is 12.0. The summed E-state index contributed by atoms with van der Waals surface area (Å²) in [5.41, 5.74) is 0.677. The number of benzene rings is 1. The van der Waals surface area contributed by atoms with Gasteiger partial charge in [-0.25, -0.2) is 0 Å². The number of rotatable bonds is 3. The second-order valence-corrected chi connectivity index (χ2v) is 5.24. The average Bonchev–Trinajstić information content (AvgIpc) is 2.64. The predicted molar refractivity (Wildman–Crippen MR) is 76.4 cm³/mol. The smallest absolute Gasteiger partial charge is 0.293 e. The van der Waals surface area contributed by atoms with Gasteiger partial charge in [0.25, 0.3) is 11.1 Å². The third-order valence-corrected chi connectivity index (χ3v) is 3.81. The molecule has 0 saturated carbocycles. The van der Waals surface area contributed by atoms with E-state index in [2.05, 4.69) is 0 Å². The van der Waals surface area contributed by atoms with Crippen molar-refractivity contribution in [2.45, 2.75) is 6.92 Å². The topological polar surface area (TPSA) is 46.6 Å². The van der Waals surface area contributed by atoms with Crippen molar-refractivity contribution in [3.05, 3.63) is 33.7 Å². The van der Waals surface area contributed by atoms with Crippen LogP contribution in [0.4, 0.5) is 4.79 Å². The zero-order valence-electron chi connectivity index (χ0n) is 10.5. The number of carbonyl (C=O) groups is 2. The molecule has 0 spiro atoms. The van der Waals surface area contributed by atoms with Gasteiger partial charge in [-0.15, -0.1) is 0 Å². The normalized spacial score (nSPS) is 17.4. The van der Waals surface area contributed by atoms with Gasteiger partial charge < -0.3 is 4.74 Å². The first-order valence-corrected chi connectivity index (χ1v) is 6.85. The number of imide groups is 1. The van der Waals surface area contributed by atoms with Crippen molar-refractivity contribution in [2.75, 3.05) is 13.7 Å². The minimum atomic E-state index is -0.278. The molecule has 1 saturated heterocycles. The quantitative estimate of drug-likeness (QED) is 0.802. The number of thioether (sulfide) groups is 1. The van der Waals surface area contributed by atoms with Gasteiger partial charge in [-0.3, -0.25) is 14.5 Å². The van der Waals surface area contributed by atoms with Gasteiger partial charge in [0.15, 0.2) is 0 Å². The van der Waals surface area contributed by atoms with Crippen LogP contribution in [0.3, 0.4) is 0 Å². The van der Waals surface area contributed by atoms with Gasteiger partial charge in [0, 0.05) is 17.1 Å². The summed E-state index contributed by atoms with van der Waals surface area (Å²) in [6.07, 6.45) is 1.63. The van der Waals surface area contributed by atoms with Gasteiger partial charge in [0.2, 0.25) is 0 Å². The number of ether oxygens (including phenoxy) is 1. The molecule has 0 aliphatic carbocycles. The van der Waals surface area contributed by atoms with Crippen LogP contribution < -0.4 is 4.74 Å². The summed E-state index contributed by atoms with van der Waals surface area (Å²) in [5.74, 6) is 0.326. The highest BCUT2D eigenvalue weighted by Gasteiger charge is 2.33. The molecule has 0 aromatic heterocycles. The van der Waals surface area contributed by atoms with Crippen molar-refractivity contribution in [3.8, 4) is 5.75 Å². The Balaban J connectivity index is 2.40. The first kappa shape index (κ1) is 14.0. The van der Waals surface area contributed by atoms with Crippen LogP contribution >= 0.6 is 23.4 Å². The van der Waals surface area contributed by atoms with E-state index in [9.17, 15) is 9.59 Å². The van der Waals surface area contributed by atoms with Crippen LogP contribution in [0.5, 0.6) is 5.75 Å². The molecule has 2 rings (SSSR count). The molecule has 0 N–H and O–H groups in total. The van der Waals surface area contributed by atoms with Crippen LogP contribution in [0.15, 0.2) is 23.1 Å². The van der Waals surface area contributed by atoms with E-state index in [0.29, 0.717) is 27.8 Å². The molecule has 1 heterocycles. The molecule has 100 valence electrons. The standard InChI is InChI=1S/C13H12ClNO3S/c1-3-15-12(16)11(19-13(15)17)7-8-6-9(14)4-5-10(8)18-2/h4-7H,3H2,1-2H3/b11-7+. The molecular weight excluding hydrogens is 286 g/mol. The van der Waals surface area contributed by atoms with Crippen molar-refractivity contribution >= 4 is 40.6 Å². The average molecular weight is 298 g/mol. The summed E-state index contributed by atoms with van der Waals surface area (Å²) >= 11 is 6.85. The number of likely N-dealkylation sites (N-methyl/N-ethyl adjacent to an activating group) is 1. The minimum Gasteiger partial charge on any atom is -0.496 e. The maximum absolute atomic E-state index is 12.0. The number of methoxy groups -OCH3 is 1. The molecule has 6 heteroatoms. The minimum absolute atomic E-state index is 0.250. The van der Waals surface area contributed by atoms with Gasteiger partial charge in [0.05, 0.1) is 12.0 Å². The lowest BCUT2D eigenvalue weighted by molar-refractivity contribution is -0.122. The zero-order valence-corrected chi connectivity index (χ0v) is 12.0. The highest BCUT2D eigenvalue weighted by molar-refractivity contribution is 8.18. The fourth-order valence-corrected chi connectivity index (χ4v) is 2.81. The number of amides is 2. The third kappa shape index (κ3) is 2.77. The predicted octanol–water partition coefficient (Wildman–Crippen LogP) is 3.40. The van der Waals surface area contributed by atoms with Gasteiger partial charge in [-0.05, 0) is 43.0 Å². The van der Waals surface area contributed by atoms with Gasteiger partial charge in [-0.2, -0.15) is 0 Å². The zero-order chi connectivity index (χ0) is 14.0. The number of hydrogen-bond acceptors (Lipinski definition) is 4. The molecular formula is C13H12ClNO3S. The highest BCUT2D eigenvalue weighted by atomic mass is 35.5. The lowest BCUT2D eigenvalue weighted by atomic mass is 10.2. The summed E-state index contributed by atoms with van der Waals surface area (Å²) in [5, 5.41) is 0.293. The molecule has 1 aromatic rings. The summed E-state index contributed by atoms with van der Waals surface area (Å²) < 4.78 is 5.20. The molecule has 1 aliphatic heterocycles. The molecule has 0 radical (unpaired) electrons. The molecule has 0 atom stereocenters. The Labute approximate surface area is 120 Å². The molecule has 19 heavy (non-hydrogen) atoms. The Morgan fingerprint density at radius 2 is 2.16 bits per heavy atom. The van der Waals surface area contributed by atoms with E-state index in [-0.39, 0.29) is 11.1 Å². The molecule has 1 aromatic carbocycles. The number of halogens is 1. The highest BCUT2D eigenvalue weighted by Crippen LogP contribution is 2.34. The maximum Gasteiger partial charge on any atom is 0.293 e. The Morgan fingerprint density at radius 3 is 2.74 bits per heavy atom. The van der Waals surface area contributed by atoms with E-state index in [1.807, 2.05) is 0 Å². The lowest BCUT2D eigenvalue weighted by Crippen LogP contribution is -2.27. The van der Waals surface area contributed by atoms with Gasteiger partial charge in [0.1, 0.15) is 5.75 Å². The lowest BCUT2D eigenvalue weighted by Gasteiger charge is -2.07. The SMILES string of the molecule is CCN1C(=O)S/C(=C/c2cc(Cl)ccc2OC)C1=O. The van der Waals surface area contributed by atoms with Crippen LogP contribution in [0.1, 0.15) is 12.5 Å². The third-order valence-electron chi connectivity index (χ3n) is 2.67. The number of carbonyl (C=O) groups excluding carboxylic acids is 2. The van der Waals surface area contributed by atoms with E-state index >= 15 is 0 Å². The van der Waals surface area contributed by atoms with Crippen molar-refractivity contribution in [1.29, 1.82) is 0 Å². The first-order valence-electron chi connectivity index (χ1n) is 5.65. The summed E-state index contributed by atoms with van der Waals surface area (Å²) in [7, 11) is 1.54. The Morgan fingerprint density at radius 1 is 1.42 bits per heavy atom. The summed E-state index contributed by atoms with van der Waals surface area (Å²) in [4.78, 5) is 25.2. The second kappa shape index (κ2) is 5.67. The van der Waals surface area contributed by atoms with Gasteiger partial charge in [-0.1, -0.05) is 11.6 Å². The van der Waals surface area contributed by atoms with Crippen LogP contribution in [-0.4, -0.2) is 29.7 Å². The Hall–Kier alpha value is -1.46. The molecule has 0 bridgehead atoms. The van der Waals surface area contributed by atoms with Crippen LogP contribution in [-0.2, 0) is 4.79 Å². The van der Waals surface area contributed by atoms with E-state index in [0.717, 1.165) is 11.8 Å². The van der Waals surface area contributed by atoms with E-state index in [1.54, 1.807) is 38.3 Å². The summed E-state index contributed by atoms with van der Waals surface area (Å²) in [6, 6.07) is 5.12. The summed E-state index contributed by atoms with van der Waals surface area (Å²) in [6.45, 7) is 2.13. The fourth-order valence-electron chi connectivity index (χ4n) is 1.73. The molecule has 1 aliphatic rings. The monoisotopic (exact) mass is 297 g/mol. The van der Waals surface area contributed by atoms with Crippen LogP contribution in [0.25, 0.3) is 6.08 Å². The number of nitrogens with zero attached hydrogens (tertiary/aromatic N) is 1. The second-order valence-electron chi connectivity index (χ2n) is 3.81. The Kier molecular flexibility index (Phi) is 4.17. The van der Waals surface area contributed by atoms with Crippen molar-refractivity contribution in [1.82, 2.24) is 4.90 Å². The van der Waals surface area contributed by atoms with Crippen LogP contribution in [0.2, 0.25) is 5.02 Å². The van der Waals surface area contributed by atoms with Crippen molar-refractivity contribution in [3.63, 3.8) is 0 Å². The molecule has 0 unspecified atom stereocenters. The fraction of sp³-hybridized carbons (Fsp3) is 0.231.